The number of amides is 1. The van der Waals surface area contributed by atoms with Crippen LogP contribution in [0.4, 0.5) is 0 Å². The average molecular weight is 387 g/mol. The zero-order valence-corrected chi connectivity index (χ0v) is 16.3. The summed E-state index contributed by atoms with van der Waals surface area (Å²) in [5, 5.41) is 3.51. The molecule has 1 saturated carbocycles. The van der Waals surface area contributed by atoms with Gasteiger partial charge in [-0.1, -0.05) is 61.9 Å². The van der Waals surface area contributed by atoms with Gasteiger partial charge in [-0.25, -0.2) is 8.42 Å². The fourth-order valence-electron chi connectivity index (χ4n) is 3.14. The van der Waals surface area contributed by atoms with Gasteiger partial charge in [0.05, 0.1) is 12.8 Å². The third kappa shape index (κ3) is 6.96. The summed E-state index contributed by atoms with van der Waals surface area (Å²) in [7, 11) is -3.51. The van der Waals surface area contributed by atoms with Crippen molar-refractivity contribution in [1.82, 2.24) is 9.62 Å². The van der Waals surface area contributed by atoms with E-state index in [2.05, 4.69) is 5.32 Å². The Morgan fingerprint density at radius 1 is 1.16 bits per heavy atom. The van der Waals surface area contributed by atoms with E-state index in [9.17, 15) is 13.2 Å². The molecule has 1 aliphatic carbocycles. The van der Waals surface area contributed by atoms with Gasteiger partial charge in [0.1, 0.15) is 0 Å². The number of sulfonamides is 1. The standard InChI is InChI=1S/C18H27ClN2O3S/c1-25(23,24)21(13-15-9-7-8-12-17(15)19)14-18(22)20-16-10-5-3-2-4-6-11-16/h7-9,12,16H,2-6,10-11,13-14H2,1H3,(H,20,22). The van der Waals surface area contributed by atoms with Crippen LogP contribution >= 0.6 is 11.6 Å². The molecule has 0 saturated heterocycles. The number of halogens is 1. The largest absolute Gasteiger partial charge is 0.352 e. The van der Waals surface area contributed by atoms with E-state index in [1.165, 1.54) is 23.6 Å². The maximum absolute atomic E-state index is 12.4. The van der Waals surface area contributed by atoms with E-state index < -0.39 is 10.0 Å². The molecule has 25 heavy (non-hydrogen) atoms. The van der Waals surface area contributed by atoms with Crippen molar-refractivity contribution in [2.24, 2.45) is 0 Å². The molecule has 5 nitrogen and oxygen atoms in total. The maximum atomic E-state index is 12.4. The Kier molecular flexibility index (Phi) is 7.72. The minimum atomic E-state index is -3.51. The second-order valence-corrected chi connectivity index (χ2v) is 9.12. The normalized spacial score (nSPS) is 17.1. The highest BCUT2D eigenvalue weighted by molar-refractivity contribution is 7.88. The summed E-state index contributed by atoms with van der Waals surface area (Å²) in [4.78, 5) is 12.4. The first-order valence-electron chi connectivity index (χ1n) is 8.84. The number of hydrogen-bond donors (Lipinski definition) is 1. The van der Waals surface area contributed by atoms with Crippen LogP contribution in [0.1, 0.15) is 50.5 Å². The lowest BCUT2D eigenvalue weighted by molar-refractivity contribution is -0.122. The van der Waals surface area contributed by atoms with Crippen LogP contribution in [0.25, 0.3) is 0 Å². The van der Waals surface area contributed by atoms with Crippen LogP contribution in [-0.4, -0.2) is 37.5 Å². The van der Waals surface area contributed by atoms with Crippen LogP contribution in [0.2, 0.25) is 5.02 Å². The quantitative estimate of drug-likeness (QED) is 0.815. The molecule has 0 aliphatic heterocycles. The highest BCUT2D eigenvalue weighted by Crippen LogP contribution is 2.19. The smallest absolute Gasteiger partial charge is 0.235 e. The van der Waals surface area contributed by atoms with Crippen LogP contribution < -0.4 is 5.32 Å². The minimum Gasteiger partial charge on any atom is -0.352 e. The lowest BCUT2D eigenvalue weighted by atomic mass is 9.97. The molecule has 1 N–H and O–H groups in total. The Balaban J connectivity index is 1.99. The number of hydrogen-bond acceptors (Lipinski definition) is 3. The number of nitrogens with zero attached hydrogens (tertiary/aromatic N) is 1. The first kappa shape index (κ1) is 20.2. The lowest BCUT2D eigenvalue weighted by Crippen LogP contribution is -2.43. The summed E-state index contributed by atoms with van der Waals surface area (Å²) in [6.07, 6.45) is 8.95. The third-order valence-corrected chi connectivity index (χ3v) is 6.13. The number of rotatable bonds is 6. The molecule has 0 bridgehead atoms. The predicted octanol–water partition coefficient (Wildman–Crippen LogP) is 3.33. The minimum absolute atomic E-state index is 0.0938. The Morgan fingerprint density at radius 2 is 1.76 bits per heavy atom. The molecule has 0 radical (unpaired) electrons. The number of carbonyl (C=O) groups excluding carboxylic acids is 1. The zero-order valence-electron chi connectivity index (χ0n) is 14.7. The van der Waals surface area contributed by atoms with Gasteiger partial charge in [0.25, 0.3) is 0 Å². The summed E-state index contributed by atoms with van der Waals surface area (Å²) in [5.41, 5.74) is 0.688. The summed E-state index contributed by atoms with van der Waals surface area (Å²) in [5.74, 6) is -0.247. The molecule has 1 fully saturated rings. The van der Waals surface area contributed by atoms with E-state index in [0.717, 1.165) is 31.9 Å². The van der Waals surface area contributed by atoms with Crippen molar-refractivity contribution >= 4 is 27.5 Å². The molecule has 0 atom stereocenters. The van der Waals surface area contributed by atoms with E-state index in [-0.39, 0.29) is 25.0 Å². The molecular formula is C18H27ClN2O3S. The van der Waals surface area contributed by atoms with Gasteiger partial charge in [-0.3, -0.25) is 4.79 Å². The monoisotopic (exact) mass is 386 g/mol. The van der Waals surface area contributed by atoms with Gasteiger partial charge in [-0.15, -0.1) is 0 Å². The van der Waals surface area contributed by atoms with Crippen LogP contribution in [0.3, 0.4) is 0 Å². The third-order valence-electron chi connectivity index (χ3n) is 4.56. The van der Waals surface area contributed by atoms with Gasteiger partial charge in [0, 0.05) is 17.6 Å². The van der Waals surface area contributed by atoms with Crippen molar-refractivity contribution in [3.63, 3.8) is 0 Å². The van der Waals surface area contributed by atoms with Crippen molar-refractivity contribution in [2.45, 2.75) is 57.5 Å². The molecule has 2 rings (SSSR count). The van der Waals surface area contributed by atoms with E-state index in [4.69, 9.17) is 11.6 Å². The van der Waals surface area contributed by atoms with Crippen molar-refractivity contribution in [2.75, 3.05) is 12.8 Å². The molecule has 0 aromatic heterocycles. The first-order chi connectivity index (χ1) is 11.9. The summed E-state index contributed by atoms with van der Waals surface area (Å²) < 4.78 is 25.3. The van der Waals surface area contributed by atoms with E-state index in [1.807, 2.05) is 0 Å². The topological polar surface area (TPSA) is 66.5 Å². The van der Waals surface area contributed by atoms with E-state index in [1.54, 1.807) is 24.3 Å². The molecule has 1 aliphatic rings. The van der Waals surface area contributed by atoms with Crippen LogP contribution in [0.15, 0.2) is 24.3 Å². The van der Waals surface area contributed by atoms with Crippen LogP contribution in [0, 0.1) is 0 Å². The molecule has 0 spiro atoms. The molecule has 1 aromatic carbocycles. The second kappa shape index (κ2) is 9.55. The lowest BCUT2D eigenvalue weighted by Gasteiger charge is -2.24. The average Bonchev–Trinajstić information content (AvgIpc) is 2.50. The van der Waals surface area contributed by atoms with Gasteiger partial charge < -0.3 is 5.32 Å². The summed E-state index contributed by atoms with van der Waals surface area (Å²) >= 11 is 6.12. The number of benzene rings is 1. The molecule has 0 unspecified atom stereocenters. The Labute approximate surface area is 155 Å². The Hall–Kier alpha value is -1.11. The molecular weight excluding hydrogens is 360 g/mol. The molecule has 0 heterocycles. The van der Waals surface area contributed by atoms with Crippen molar-refractivity contribution in [1.29, 1.82) is 0 Å². The highest BCUT2D eigenvalue weighted by Gasteiger charge is 2.23. The highest BCUT2D eigenvalue weighted by atomic mass is 35.5. The SMILES string of the molecule is CS(=O)(=O)N(CC(=O)NC1CCCCCCC1)Cc1ccccc1Cl. The molecule has 1 amide bonds. The van der Waals surface area contributed by atoms with Gasteiger partial charge in [0.2, 0.25) is 15.9 Å². The molecule has 140 valence electrons. The van der Waals surface area contributed by atoms with Crippen LogP contribution in [0.5, 0.6) is 0 Å². The van der Waals surface area contributed by atoms with Crippen molar-refractivity contribution in [3.05, 3.63) is 34.9 Å². The van der Waals surface area contributed by atoms with Gasteiger partial charge >= 0.3 is 0 Å². The van der Waals surface area contributed by atoms with Crippen LogP contribution in [-0.2, 0) is 21.4 Å². The van der Waals surface area contributed by atoms with Gasteiger partial charge in [-0.2, -0.15) is 4.31 Å². The second-order valence-electron chi connectivity index (χ2n) is 6.73. The molecule has 7 heteroatoms. The van der Waals surface area contributed by atoms with E-state index in [0.29, 0.717) is 10.6 Å². The van der Waals surface area contributed by atoms with Crippen molar-refractivity contribution in [3.8, 4) is 0 Å². The van der Waals surface area contributed by atoms with E-state index >= 15 is 0 Å². The van der Waals surface area contributed by atoms with Gasteiger partial charge in [-0.05, 0) is 24.5 Å². The fraction of sp³-hybridized carbons (Fsp3) is 0.611. The van der Waals surface area contributed by atoms with Gasteiger partial charge in [0.15, 0.2) is 0 Å². The zero-order chi connectivity index (χ0) is 18.3. The predicted molar refractivity (Wildman–Crippen MR) is 101 cm³/mol. The summed E-state index contributed by atoms with van der Waals surface area (Å²) in [6, 6.07) is 7.22. The molecule has 1 aromatic rings. The fourth-order valence-corrected chi connectivity index (χ4v) is 4.06. The number of carbonyl (C=O) groups is 1. The Bertz CT molecular complexity index is 671. The van der Waals surface area contributed by atoms with Crippen molar-refractivity contribution < 1.29 is 13.2 Å². The Morgan fingerprint density at radius 3 is 2.36 bits per heavy atom. The number of nitrogens with one attached hydrogen (secondary N) is 1. The summed E-state index contributed by atoms with van der Waals surface area (Å²) in [6.45, 7) is -0.0862. The first-order valence-corrected chi connectivity index (χ1v) is 11.1. The maximum Gasteiger partial charge on any atom is 0.235 e.